The highest BCUT2D eigenvalue weighted by atomic mass is 16.5. The van der Waals surface area contributed by atoms with E-state index < -0.39 is 0 Å². The smallest absolute Gasteiger partial charge is 0.0705 e. The number of nitrogens with two attached hydrogens (primary N) is 1. The number of pyridine rings is 1. The molecule has 1 aromatic heterocycles. The van der Waals surface area contributed by atoms with E-state index in [1.54, 1.807) is 0 Å². The molecule has 3 nitrogen and oxygen atoms in total. The van der Waals surface area contributed by atoms with Gasteiger partial charge in [0.2, 0.25) is 0 Å². The van der Waals surface area contributed by atoms with Crippen LogP contribution in [0, 0.1) is 0 Å². The summed E-state index contributed by atoms with van der Waals surface area (Å²) >= 11 is 0. The van der Waals surface area contributed by atoms with Crippen LogP contribution in [0.15, 0.2) is 36.4 Å². The van der Waals surface area contributed by atoms with Gasteiger partial charge in [0, 0.05) is 36.3 Å². The van der Waals surface area contributed by atoms with E-state index in [1.165, 1.54) is 5.39 Å². The Hall–Kier alpha value is -1.45. The van der Waals surface area contributed by atoms with Crippen LogP contribution in [0.5, 0.6) is 0 Å². The monoisotopic (exact) mass is 256 g/mol. The summed E-state index contributed by atoms with van der Waals surface area (Å²) in [6.45, 7) is 1.61. The summed E-state index contributed by atoms with van der Waals surface area (Å²) in [6, 6.07) is 12.4. The summed E-state index contributed by atoms with van der Waals surface area (Å²) in [5.74, 6) is 0. The summed E-state index contributed by atoms with van der Waals surface area (Å²) in [6.07, 6.45) is 3.81. The molecule has 0 bridgehead atoms. The van der Waals surface area contributed by atoms with Gasteiger partial charge in [-0.1, -0.05) is 24.3 Å². The van der Waals surface area contributed by atoms with Gasteiger partial charge in [-0.3, -0.25) is 4.98 Å². The molecule has 0 saturated carbocycles. The van der Waals surface area contributed by atoms with Crippen LogP contribution in [-0.2, 0) is 11.2 Å². The van der Waals surface area contributed by atoms with Crippen LogP contribution >= 0.6 is 0 Å². The van der Waals surface area contributed by atoms with Crippen molar-refractivity contribution in [2.24, 2.45) is 5.73 Å². The van der Waals surface area contributed by atoms with Gasteiger partial charge in [0.05, 0.1) is 5.52 Å². The van der Waals surface area contributed by atoms with E-state index in [1.807, 2.05) is 12.1 Å². The summed E-state index contributed by atoms with van der Waals surface area (Å²) in [4.78, 5) is 4.72. The van der Waals surface area contributed by atoms with Crippen LogP contribution in [0.4, 0.5) is 0 Å². The number of ether oxygens (including phenoxy) is 1. The van der Waals surface area contributed by atoms with Gasteiger partial charge in [0.1, 0.15) is 0 Å². The molecule has 2 aromatic rings. The van der Waals surface area contributed by atoms with Crippen LogP contribution in [0.2, 0.25) is 0 Å². The molecule has 2 N–H and O–H groups in total. The number of hydrogen-bond donors (Lipinski definition) is 1. The topological polar surface area (TPSA) is 48.1 Å². The molecule has 0 amide bonds. The van der Waals surface area contributed by atoms with Gasteiger partial charge in [-0.15, -0.1) is 0 Å². The number of fused-ring (bicyclic) bond motifs is 1. The van der Waals surface area contributed by atoms with Gasteiger partial charge in [0.15, 0.2) is 0 Å². The van der Waals surface area contributed by atoms with Crippen molar-refractivity contribution in [1.82, 2.24) is 4.98 Å². The number of hydrogen-bond acceptors (Lipinski definition) is 3. The molecule has 100 valence electrons. The van der Waals surface area contributed by atoms with E-state index in [4.69, 9.17) is 15.5 Å². The minimum absolute atomic E-state index is 0.161. The predicted octanol–water partition coefficient (Wildman–Crippen LogP) is 2.68. The first-order chi connectivity index (χ1) is 9.25. The minimum atomic E-state index is -0.161. The molecular weight excluding hydrogens is 236 g/mol. The highest BCUT2D eigenvalue weighted by Crippen LogP contribution is 2.23. The third kappa shape index (κ3) is 2.94. The molecule has 0 radical (unpaired) electrons. The van der Waals surface area contributed by atoms with Gasteiger partial charge in [-0.05, 0) is 31.4 Å². The van der Waals surface area contributed by atoms with E-state index >= 15 is 0 Å². The number of nitrogens with zero attached hydrogens (tertiary/aromatic N) is 1. The Morgan fingerprint density at radius 2 is 2.00 bits per heavy atom. The zero-order valence-corrected chi connectivity index (χ0v) is 11.1. The second-order valence-electron chi connectivity index (χ2n) is 5.50. The van der Waals surface area contributed by atoms with Crippen molar-refractivity contribution in [3.05, 3.63) is 42.1 Å². The third-order valence-corrected chi connectivity index (χ3v) is 3.90. The molecule has 19 heavy (non-hydrogen) atoms. The Kier molecular flexibility index (Phi) is 3.49. The fourth-order valence-electron chi connectivity index (χ4n) is 2.77. The Morgan fingerprint density at radius 1 is 1.11 bits per heavy atom. The van der Waals surface area contributed by atoms with Gasteiger partial charge in [-0.25, -0.2) is 0 Å². The third-order valence-electron chi connectivity index (χ3n) is 3.90. The summed E-state index contributed by atoms with van der Waals surface area (Å²) in [5, 5.41) is 1.18. The summed E-state index contributed by atoms with van der Waals surface area (Å²) in [5.41, 5.74) is 8.49. The predicted molar refractivity (Wildman–Crippen MR) is 77.0 cm³/mol. The Morgan fingerprint density at radius 3 is 2.95 bits per heavy atom. The lowest BCUT2D eigenvalue weighted by Gasteiger charge is -2.27. The lowest BCUT2D eigenvalue weighted by molar-refractivity contribution is 0.139. The first-order valence-corrected chi connectivity index (χ1v) is 6.97. The largest absolute Gasteiger partial charge is 0.381 e. The van der Waals surface area contributed by atoms with Gasteiger partial charge >= 0.3 is 0 Å². The molecule has 1 unspecified atom stereocenters. The molecule has 1 aromatic carbocycles. The highest BCUT2D eigenvalue weighted by molar-refractivity contribution is 5.78. The van der Waals surface area contributed by atoms with Gasteiger partial charge in [-0.2, -0.15) is 0 Å². The van der Waals surface area contributed by atoms with Crippen molar-refractivity contribution in [3.63, 3.8) is 0 Å². The molecule has 1 saturated heterocycles. The zero-order valence-electron chi connectivity index (χ0n) is 11.1. The van der Waals surface area contributed by atoms with Crippen molar-refractivity contribution < 1.29 is 4.74 Å². The number of aromatic nitrogens is 1. The zero-order chi connectivity index (χ0) is 13.1. The summed E-state index contributed by atoms with van der Waals surface area (Å²) in [7, 11) is 0. The molecule has 2 heterocycles. The molecule has 1 aliphatic heterocycles. The van der Waals surface area contributed by atoms with Crippen molar-refractivity contribution in [2.75, 3.05) is 13.2 Å². The van der Waals surface area contributed by atoms with Crippen molar-refractivity contribution in [1.29, 1.82) is 0 Å². The van der Waals surface area contributed by atoms with Crippen LogP contribution < -0.4 is 5.73 Å². The Bertz CT molecular complexity index is 559. The standard InChI is InChI=1S/C16H20N2O/c17-16(8-3-10-19-11-9-16)12-14-7-6-13-4-1-2-5-15(13)18-14/h1-2,4-7H,3,8-12,17H2. The van der Waals surface area contributed by atoms with Gasteiger partial charge in [0.25, 0.3) is 0 Å². The maximum absolute atomic E-state index is 6.52. The maximum Gasteiger partial charge on any atom is 0.0705 e. The average molecular weight is 256 g/mol. The molecule has 1 fully saturated rings. The first-order valence-electron chi connectivity index (χ1n) is 6.97. The number of benzene rings is 1. The molecule has 0 aliphatic carbocycles. The van der Waals surface area contributed by atoms with E-state index in [2.05, 4.69) is 24.3 Å². The van der Waals surface area contributed by atoms with Crippen LogP contribution in [0.1, 0.15) is 25.0 Å². The van der Waals surface area contributed by atoms with Crippen LogP contribution in [0.3, 0.4) is 0 Å². The molecule has 1 aliphatic rings. The number of rotatable bonds is 2. The lowest BCUT2D eigenvalue weighted by Crippen LogP contribution is -2.42. The average Bonchev–Trinajstić information content (AvgIpc) is 2.63. The number of para-hydroxylation sites is 1. The van der Waals surface area contributed by atoms with Gasteiger partial charge < -0.3 is 10.5 Å². The molecule has 3 heteroatoms. The fraction of sp³-hybridized carbons (Fsp3) is 0.438. The highest BCUT2D eigenvalue weighted by Gasteiger charge is 2.27. The van der Waals surface area contributed by atoms with Crippen LogP contribution in [-0.4, -0.2) is 23.7 Å². The quantitative estimate of drug-likeness (QED) is 0.898. The Labute approximate surface area is 113 Å². The van der Waals surface area contributed by atoms with Crippen molar-refractivity contribution >= 4 is 10.9 Å². The second kappa shape index (κ2) is 5.27. The van der Waals surface area contributed by atoms with Crippen molar-refractivity contribution in [2.45, 2.75) is 31.2 Å². The molecule has 3 rings (SSSR count). The first kappa shape index (κ1) is 12.6. The maximum atomic E-state index is 6.52. The van der Waals surface area contributed by atoms with Crippen LogP contribution in [0.25, 0.3) is 10.9 Å². The minimum Gasteiger partial charge on any atom is -0.381 e. The fourth-order valence-corrected chi connectivity index (χ4v) is 2.77. The lowest BCUT2D eigenvalue weighted by atomic mass is 9.87. The Balaban J connectivity index is 1.83. The normalized spacial score (nSPS) is 24.3. The molecule has 0 spiro atoms. The SMILES string of the molecule is NC1(Cc2ccc3ccccc3n2)CCCOCC1. The van der Waals surface area contributed by atoms with E-state index in [0.29, 0.717) is 0 Å². The van der Waals surface area contributed by atoms with E-state index in [9.17, 15) is 0 Å². The van der Waals surface area contributed by atoms with E-state index in [0.717, 1.165) is 50.1 Å². The van der Waals surface area contributed by atoms with E-state index in [-0.39, 0.29) is 5.54 Å². The summed E-state index contributed by atoms with van der Waals surface area (Å²) < 4.78 is 5.50. The molecule has 1 atom stereocenters. The van der Waals surface area contributed by atoms with Crippen molar-refractivity contribution in [3.8, 4) is 0 Å². The second-order valence-corrected chi connectivity index (χ2v) is 5.50. The molecular formula is C16H20N2O.